The number of hydrogen-bond donors (Lipinski definition) is 1. The highest BCUT2D eigenvalue weighted by Gasteiger charge is 2.51. The van der Waals surface area contributed by atoms with E-state index in [1.54, 1.807) is 6.92 Å². The molecule has 5 heteroatoms. The number of benzene rings is 3. The van der Waals surface area contributed by atoms with Crippen LogP contribution in [0.15, 0.2) is 78.4 Å². The van der Waals surface area contributed by atoms with Crippen molar-refractivity contribution in [2.45, 2.75) is 58.6 Å². The van der Waals surface area contributed by atoms with Crippen molar-refractivity contribution >= 4 is 18.0 Å². The first-order valence-corrected chi connectivity index (χ1v) is 13.9. The van der Waals surface area contributed by atoms with E-state index >= 15 is 0 Å². The summed E-state index contributed by atoms with van der Waals surface area (Å²) in [4.78, 5) is 25.6. The molecule has 0 radical (unpaired) electrons. The van der Waals surface area contributed by atoms with Crippen LogP contribution >= 0.6 is 0 Å². The van der Waals surface area contributed by atoms with Gasteiger partial charge in [0, 0.05) is 5.41 Å². The molecule has 0 saturated heterocycles. The smallest absolute Gasteiger partial charge is 0.338 e. The molecule has 2 aliphatic rings. The number of rotatable bonds is 9. The maximum absolute atomic E-state index is 13.4. The van der Waals surface area contributed by atoms with Gasteiger partial charge in [-0.3, -0.25) is 4.79 Å². The summed E-state index contributed by atoms with van der Waals surface area (Å²) in [6, 6.07) is 23.7. The number of carbonyl (C=O) groups is 2. The SMILES string of the molecule is CCOC(=O)c1ccc(C[C@@]2(C3=Cc4ccccc4C3)Cc3ccccc3[C@H]2OC(=O)[C@@H](N)CC(C)C)cc1. The number of esters is 2. The Morgan fingerprint density at radius 2 is 1.67 bits per heavy atom. The van der Waals surface area contributed by atoms with Crippen LogP contribution in [-0.4, -0.2) is 24.6 Å². The number of fused-ring (bicyclic) bond motifs is 2. The molecule has 2 aliphatic carbocycles. The minimum absolute atomic E-state index is 0.290. The van der Waals surface area contributed by atoms with E-state index in [1.165, 1.54) is 22.3 Å². The standard InChI is InChI=1S/C34H37NO4/c1-4-38-32(36)24-15-13-23(14-16-24)20-34(28-18-25-9-5-6-10-26(25)19-28)21-27-11-7-8-12-29(27)31(34)39-33(37)30(35)17-22(2)3/h5-16,18,22,30-31H,4,17,19-21,35H2,1-3H3/t30-,31+,34-/m0/s1. The van der Waals surface area contributed by atoms with Crippen molar-refractivity contribution in [2.75, 3.05) is 6.61 Å². The first-order valence-electron chi connectivity index (χ1n) is 13.9. The van der Waals surface area contributed by atoms with Crippen LogP contribution in [0.4, 0.5) is 0 Å². The fourth-order valence-corrected chi connectivity index (χ4v) is 6.15. The van der Waals surface area contributed by atoms with Crippen molar-refractivity contribution < 1.29 is 19.1 Å². The molecule has 5 rings (SSSR count). The van der Waals surface area contributed by atoms with Gasteiger partial charge >= 0.3 is 11.9 Å². The molecule has 39 heavy (non-hydrogen) atoms. The molecule has 0 spiro atoms. The normalized spacial score (nSPS) is 20.2. The van der Waals surface area contributed by atoms with E-state index < -0.39 is 17.6 Å². The van der Waals surface area contributed by atoms with Crippen LogP contribution in [0.2, 0.25) is 0 Å². The summed E-state index contributed by atoms with van der Waals surface area (Å²) in [5, 5.41) is 0. The molecule has 3 atom stereocenters. The molecule has 0 fully saturated rings. The van der Waals surface area contributed by atoms with Crippen LogP contribution in [-0.2, 0) is 33.5 Å². The van der Waals surface area contributed by atoms with Crippen molar-refractivity contribution in [2.24, 2.45) is 17.1 Å². The fraction of sp³-hybridized carbons (Fsp3) is 0.353. The minimum Gasteiger partial charge on any atom is -0.462 e. The summed E-state index contributed by atoms with van der Waals surface area (Å²) >= 11 is 0. The molecule has 0 amide bonds. The molecule has 5 nitrogen and oxygen atoms in total. The third kappa shape index (κ3) is 5.41. The molecule has 0 bridgehead atoms. The first kappa shape index (κ1) is 26.9. The van der Waals surface area contributed by atoms with Gasteiger partial charge in [-0.15, -0.1) is 0 Å². The lowest BCUT2D eigenvalue weighted by atomic mass is 9.70. The number of ether oxygens (including phenoxy) is 2. The molecule has 0 saturated carbocycles. The quantitative estimate of drug-likeness (QED) is 0.336. The van der Waals surface area contributed by atoms with E-state index in [9.17, 15) is 9.59 Å². The number of nitrogens with two attached hydrogens (primary N) is 1. The van der Waals surface area contributed by atoms with Crippen molar-refractivity contribution in [3.8, 4) is 0 Å². The van der Waals surface area contributed by atoms with E-state index in [2.05, 4.69) is 56.3 Å². The molecule has 3 aromatic rings. The van der Waals surface area contributed by atoms with Crippen molar-refractivity contribution in [3.63, 3.8) is 0 Å². The zero-order chi connectivity index (χ0) is 27.6. The summed E-state index contributed by atoms with van der Waals surface area (Å²) in [6.07, 6.45) is 4.59. The monoisotopic (exact) mass is 523 g/mol. The average Bonchev–Trinajstić information content (AvgIpc) is 3.49. The van der Waals surface area contributed by atoms with Crippen LogP contribution in [0.25, 0.3) is 6.08 Å². The Morgan fingerprint density at radius 3 is 2.36 bits per heavy atom. The van der Waals surface area contributed by atoms with Crippen LogP contribution < -0.4 is 5.73 Å². The average molecular weight is 524 g/mol. The summed E-state index contributed by atoms with van der Waals surface area (Å²) in [7, 11) is 0. The van der Waals surface area contributed by atoms with Gasteiger partial charge in [-0.05, 0) is 78.5 Å². The van der Waals surface area contributed by atoms with E-state index in [0.29, 0.717) is 25.0 Å². The zero-order valence-corrected chi connectivity index (χ0v) is 23.0. The van der Waals surface area contributed by atoms with Crippen LogP contribution in [0, 0.1) is 11.3 Å². The van der Waals surface area contributed by atoms with Crippen LogP contribution in [0.1, 0.15) is 71.5 Å². The Balaban J connectivity index is 1.56. The summed E-state index contributed by atoms with van der Waals surface area (Å²) in [5.41, 5.74) is 13.4. The summed E-state index contributed by atoms with van der Waals surface area (Å²) in [6.45, 7) is 6.25. The van der Waals surface area contributed by atoms with Gasteiger partial charge < -0.3 is 15.2 Å². The van der Waals surface area contributed by atoms with Gasteiger partial charge in [0.25, 0.3) is 0 Å². The Labute approximate surface area is 231 Å². The van der Waals surface area contributed by atoms with Crippen molar-refractivity contribution in [1.29, 1.82) is 0 Å². The summed E-state index contributed by atoms with van der Waals surface area (Å²) < 4.78 is 11.6. The highest BCUT2D eigenvalue weighted by molar-refractivity contribution is 5.89. The van der Waals surface area contributed by atoms with E-state index in [4.69, 9.17) is 15.2 Å². The Bertz CT molecular complexity index is 1390. The lowest BCUT2D eigenvalue weighted by Crippen LogP contribution is -2.39. The highest BCUT2D eigenvalue weighted by atomic mass is 16.5. The zero-order valence-electron chi connectivity index (χ0n) is 23.0. The second kappa shape index (κ2) is 11.2. The van der Waals surface area contributed by atoms with Crippen molar-refractivity contribution in [3.05, 3.63) is 112 Å². The Kier molecular flexibility index (Phi) is 7.72. The summed E-state index contributed by atoms with van der Waals surface area (Å²) in [5.74, 6) is -0.395. The number of hydrogen-bond acceptors (Lipinski definition) is 5. The van der Waals surface area contributed by atoms with E-state index in [-0.39, 0.29) is 17.9 Å². The molecule has 3 aromatic carbocycles. The third-order valence-electron chi connectivity index (χ3n) is 8.00. The van der Waals surface area contributed by atoms with Gasteiger partial charge in [-0.1, -0.05) is 86.2 Å². The molecular weight excluding hydrogens is 486 g/mol. The number of carbonyl (C=O) groups excluding carboxylic acids is 2. The third-order valence-corrected chi connectivity index (χ3v) is 8.00. The largest absolute Gasteiger partial charge is 0.462 e. The van der Waals surface area contributed by atoms with Gasteiger partial charge in [-0.2, -0.15) is 0 Å². The second-order valence-electron chi connectivity index (χ2n) is 11.2. The van der Waals surface area contributed by atoms with Gasteiger partial charge in [0.05, 0.1) is 12.2 Å². The van der Waals surface area contributed by atoms with Gasteiger partial charge in [0.1, 0.15) is 12.1 Å². The molecule has 0 aromatic heterocycles. The lowest BCUT2D eigenvalue weighted by Gasteiger charge is -2.38. The van der Waals surface area contributed by atoms with Crippen molar-refractivity contribution in [1.82, 2.24) is 0 Å². The molecule has 0 heterocycles. The molecule has 2 N–H and O–H groups in total. The predicted molar refractivity (Wildman–Crippen MR) is 153 cm³/mol. The molecule has 0 aliphatic heterocycles. The van der Waals surface area contributed by atoms with E-state index in [1.807, 2.05) is 36.4 Å². The lowest BCUT2D eigenvalue weighted by molar-refractivity contribution is -0.156. The van der Waals surface area contributed by atoms with Gasteiger partial charge in [0.2, 0.25) is 0 Å². The van der Waals surface area contributed by atoms with Crippen LogP contribution in [0.3, 0.4) is 0 Å². The molecule has 202 valence electrons. The maximum atomic E-state index is 13.4. The Morgan fingerprint density at radius 1 is 0.974 bits per heavy atom. The van der Waals surface area contributed by atoms with Crippen LogP contribution in [0.5, 0.6) is 0 Å². The van der Waals surface area contributed by atoms with E-state index in [0.717, 1.165) is 24.0 Å². The minimum atomic E-state index is -0.672. The topological polar surface area (TPSA) is 78.6 Å². The fourth-order valence-electron chi connectivity index (χ4n) is 6.15. The highest BCUT2D eigenvalue weighted by Crippen LogP contribution is 2.56. The maximum Gasteiger partial charge on any atom is 0.338 e. The van der Waals surface area contributed by atoms with Gasteiger partial charge in [-0.25, -0.2) is 4.79 Å². The second-order valence-corrected chi connectivity index (χ2v) is 11.2. The first-order chi connectivity index (χ1) is 18.8. The van der Waals surface area contributed by atoms with Gasteiger partial charge in [0.15, 0.2) is 0 Å². The molecular formula is C34H37NO4. The Hall–Kier alpha value is -3.70. The molecule has 0 unspecified atom stereocenters. The predicted octanol–water partition coefficient (Wildman–Crippen LogP) is 6.25.